The lowest BCUT2D eigenvalue weighted by Crippen LogP contribution is -2.53. The molecule has 2 fully saturated rings. The number of anilines is 1. The van der Waals surface area contributed by atoms with Crippen LogP contribution in [0.5, 0.6) is 0 Å². The van der Waals surface area contributed by atoms with E-state index in [-0.39, 0.29) is 17.0 Å². The van der Waals surface area contributed by atoms with Gasteiger partial charge in [-0.05, 0) is 37.1 Å². The van der Waals surface area contributed by atoms with Crippen LogP contribution in [0.15, 0.2) is 48.5 Å². The Bertz CT molecular complexity index is 725. The average Bonchev–Trinajstić information content (AvgIpc) is 3.37. The maximum Gasteiger partial charge on any atom is 0.0654 e. The highest BCUT2D eigenvalue weighted by Crippen LogP contribution is 2.45. The van der Waals surface area contributed by atoms with E-state index < -0.39 is 0 Å². The molecule has 25 heavy (non-hydrogen) atoms. The Morgan fingerprint density at radius 1 is 1.00 bits per heavy atom. The zero-order valence-corrected chi connectivity index (χ0v) is 17.5. The van der Waals surface area contributed by atoms with E-state index in [0.717, 1.165) is 30.3 Å². The zero-order valence-electron chi connectivity index (χ0n) is 14.2. The van der Waals surface area contributed by atoms with Crippen molar-refractivity contribution < 1.29 is 0 Å². The molecule has 0 bridgehead atoms. The number of hydrogen-bond donors (Lipinski definition) is 0. The van der Waals surface area contributed by atoms with E-state index in [0.29, 0.717) is 23.0 Å². The number of benzene rings is 2. The molecule has 2 aromatic carbocycles. The van der Waals surface area contributed by atoms with Crippen LogP contribution >= 0.6 is 40.2 Å². The minimum absolute atomic E-state index is 0. The van der Waals surface area contributed by atoms with Crippen LogP contribution in [0.25, 0.3) is 0 Å². The number of rotatable bonds is 3. The molecular weight excluding hydrogens is 419 g/mol. The van der Waals surface area contributed by atoms with E-state index in [4.69, 9.17) is 23.2 Å². The van der Waals surface area contributed by atoms with Gasteiger partial charge >= 0.3 is 0 Å². The van der Waals surface area contributed by atoms with E-state index in [1.807, 2.05) is 18.2 Å². The Hall–Kier alpha value is -0.740. The molecule has 0 radical (unpaired) electrons. The van der Waals surface area contributed by atoms with Crippen LogP contribution in [0.1, 0.15) is 24.8 Å². The smallest absolute Gasteiger partial charge is 0.0654 e. The molecule has 1 unspecified atom stereocenters. The summed E-state index contributed by atoms with van der Waals surface area (Å²) >= 11 is 12.4. The molecule has 1 aliphatic carbocycles. The standard InChI is InChI=1S/C20H22Cl2N2.BrH/c1-14-13-23(20-12-17(20)15-5-3-2-4-6-15)9-10-24(14)19-8-7-16(21)11-18(19)22;/h2-8,11,14,17,20H,9-10,12-13H2,1H3;1H/t14?,17-,20+;/m0./s1. The third kappa shape index (κ3) is 4.00. The Morgan fingerprint density at radius 2 is 1.76 bits per heavy atom. The molecule has 1 heterocycles. The number of hydrogen-bond acceptors (Lipinski definition) is 2. The second-order valence-electron chi connectivity index (χ2n) is 6.95. The molecule has 1 saturated heterocycles. The first-order valence-electron chi connectivity index (χ1n) is 8.64. The summed E-state index contributed by atoms with van der Waals surface area (Å²) in [5.41, 5.74) is 2.59. The molecule has 2 aromatic rings. The van der Waals surface area contributed by atoms with Crippen molar-refractivity contribution >= 4 is 45.9 Å². The van der Waals surface area contributed by atoms with Crippen LogP contribution in [-0.2, 0) is 0 Å². The summed E-state index contributed by atoms with van der Waals surface area (Å²) in [6.07, 6.45) is 1.29. The van der Waals surface area contributed by atoms with Crippen LogP contribution in [0.2, 0.25) is 10.0 Å². The normalized spacial score (nSPS) is 26.2. The first-order chi connectivity index (χ1) is 11.6. The molecule has 0 N–H and O–H groups in total. The maximum atomic E-state index is 6.40. The lowest BCUT2D eigenvalue weighted by atomic mass is 10.1. The molecule has 0 amide bonds. The van der Waals surface area contributed by atoms with E-state index >= 15 is 0 Å². The Labute approximate surface area is 170 Å². The fourth-order valence-electron chi connectivity index (χ4n) is 4.00. The van der Waals surface area contributed by atoms with Gasteiger partial charge in [0.15, 0.2) is 0 Å². The van der Waals surface area contributed by atoms with Gasteiger partial charge in [-0.3, -0.25) is 4.90 Å². The van der Waals surface area contributed by atoms with Crippen molar-refractivity contribution in [1.29, 1.82) is 0 Å². The van der Waals surface area contributed by atoms with E-state index in [9.17, 15) is 0 Å². The average molecular weight is 442 g/mol. The van der Waals surface area contributed by atoms with Crippen LogP contribution in [0, 0.1) is 0 Å². The van der Waals surface area contributed by atoms with Gasteiger partial charge in [-0.25, -0.2) is 0 Å². The van der Waals surface area contributed by atoms with Gasteiger partial charge in [0.05, 0.1) is 10.7 Å². The fourth-order valence-corrected chi connectivity index (χ4v) is 4.52. The number of piperazine rings is 1. The summed E-state index contributed by atoms with van der Waals surface area (Å²) in [5.74, 6) is 0.712. The van der Waals surface area contributed by atoms with Crippen LogP contribution in [-0.4, -0.2) is 36.6 Å². The van der Waals surface area contributed by atoms with E-state index in [1.165, 1.54) is 12.0 Å². The van der Waals surface area contributed by atoms with Crippen LogP contribution in [0.4, 0.5) is 5.69 Å². The van der Waals surface area contributed by atoms with Gasteiger partial charge in [0.2, 0.25) is 0 Å². The van der Waals surface area contributed by atoms with Gasteiger partial charge in [-0.15, -0.1) is 17.0 Å². The topological polar surface area (TPSA) is 6.48 Å². The Morgan fingerprint density at radius 3 is 2.44 bits per heavy atom. The van der Waals surface area contributed by atoms with Crippen molar-refractivity contribution in [2.45, 2.75) is 31.3 Å². The molecular formula is C20H23BrCl2N2. The second kappa shape index (κ2) is 7.87. The van der Waals surface area contributed by atoms with Gasteiger partial charge in [-0.2, -0.15) is 0 Å². The molecule has 0 spiro atoms. The lowest BCUT2D eigenvalue weighted by molar-refractivity contribution is 0.216. The van der Waals surface area contributed by atoms with Crippen molar-refractivity contribution in [1.82, 2.24) is 4.90 Å². The molecule has 1 aliphatic heterocycles. The number of halogens is 3. The highest BCUT2D eigenvalue weighted by molar-refractivity contribution is 8.93. The third-order valence-electron chi connectivity index (χ3n) is 5.33. The summed E-state index contributed by atoms with van der Waals surface area (Å²) in [6, 6.07) is 17.9. The first-order valence-corrected chi connectivity index (χ1v) is 9.40. The summed E-state index contributed by atoms with van der Waals surface area (Å²) < 4.78 is 0. The Kier molecular flexibility index (Phi) is 5.99. The van der Waals surface area contributed by atoms with Crippen molar-refractivity contribution in [3.05, 3.63) is 64.1 Å². The molecule has 3 atom stereocenters. The third-order valence-corrected chi connectivity index (χ3v) is 5.87. The highest BCUT2D eigenvalue weighted by atomic mass is 79.9. The van der Waals surface area contributed by atoms with Crippen LogP contribution < -0.4 is 4.90 Å². The van der Waals surface area contributed by atoms with Gasteiger partial charge in [-0.1, -0.05) is 53.5 Å². The van der Waals surface area contributed by atoms with Crippen molar-refractivity contribution in [2.75, 3.05) is 24.5 Å². The summed E-state index contributed by atoms with van der Waals surface area (Å²) in [4.78, 5) is 5.07. The SMILES string of the molecule is Br.CC1CN([C@@H]2C[C@H]2c2ccccc2)CCN1c1ccc(Cl)cc1Cl. The minimum atomic E-state index is 0. The lowest BCUT2D eigenvalue weighted by Gasteiger charge is -2.42. The molecule has 1 saturated carbocycles. The maximum absolute atomic E-state index is 6.40. The van der Waals surface area contributed by atoms with Gasteiger partial charge in [0.25, 0.3) is 0 Å². The van der Waals surface area contributed by atoms with Gasteiger partial charge in [0, 0.05) is 42.7 Å². The minimum Gasteiger partial charge on any atom is -0.365 e. The van der Waals surface area contributed by atoms with Crippen LogP contribution in [0.3, 0.4) is 0 Å². The monoisotopic (exact) mass is 440 g/mol. The predicted molar refractivity (Wildman–Crippen MR) is 113 cm³/mol. The molecule has 5 heteroatoms. The van der Waals surface area contributed by atoms with Gasteiger partial charge in [0.1, 0.15) is 0 Å². The predicted octanol–water partition coefficient (Wildman–Crippen LogP) is 5.64. The quantitative estimate of drug-likeness (QED) is 0.608. The second-order valence-corrected chi connectivity index (χ2v) is 7.80. The van der Waals surface area contributed by atoms with Gasteiger partial charge < -0.3 is 4.90 Å². The summed E-state index contributed by atoms with van der Waals surface area (Å²) in [5, 5.41) is 1.44. The molecule has 0 aromatic heterocycles. The van der Waals surface area contributed by atoms with Crippen molar-refractivity contribution in [3.8, 4) is 0 Å². The summed E-state index contributed by atoms with van der Waals surface area (Å²) in [6.45, 7) is 5.49. The molecule has 4 rings (SSSR count). The fraction of sp³-hybridized carbons (Fsp3) is 0.400. The zero-order chi connectivity index (χ0) is 16.7. The molecule has 2 aliphatic rings. The van der Waals surface area contributed by atoms with Crippen molar-refractivity contribution in [2.24, 2.45) is 0 Å². The molecule has 2 nitrogen and oxygen atoms in total. The summed E-state index contributed by atoms with van der Waals surface area (Å²) in [7, 11) is 0. The van der Waals surface area contributed by atoms with E-state index in [2.05, 4.69) is 47.1 Å². The Balaban J connectivity index is 0.00000182. The number of nitrogens with zero attached hydrogens (tertiary/aromatic N) is 2. The van der Waals surface area contributed by atoms with E-state index in [1.54, 1.807) is 0 Å². The highest BCUT2D eigenvalue weighted by Gasteiger charge is 2.44. The van der Waals surface area contributed by atoms with Crippen molar-refractivity contribution in [3.63, 3.8) is 0 Å². The molecule has 134 valence electrons. The largest absolute Gasteiger partial charge is 0.365 e. The first kappa shape index (κ1) is 19.0.